The summed E-state index contributed by atoms with van der Waals surface area (Å²) in [5, 5.41) is 12.3. The van der Waals surface area contributed by atoms with Gasteiger partial charge in [0, 0.05) is 6.54 Å². The van der Waals surface area contributed by atoms with Crippen LogP contribution >= 0.6 is 0 Å². The summed E-state index contributed by atoms with van der Waals surface area (Å²) in [4.78, 5) is 21.2. The zero-order valence-corrected chi connectivity index (χ0v) is 18.1. The third-order valence-electron chi connectivity index (χ3n) is 5.68. The van der Waals surface area contributed by atoms with Crippen LogP contribution in [0.1, 0.15) is 40.7 Å². The molecule has 4 aromatic rings. The van der Waals surface area contributed by atoms with E-state index in [1.807, 2.05) is 25.1 Å². The first kappa shape index (κ1) is 20.8. The van der Waals surface area contributed by atoms with Gasteiger partial charge >= 0.3 is 0 Å². The molecule has 0 aliphatic carbocycles. The van der Waals surface area contributed by atoms with Crippen molar-refractivity contribution in [1.82, 2.24) is 30.0 Å². The van der Waals surface area contributed by atoms with Crippen molar-refractivity contribution in [1.29, 1.82) is 0 Å². The lowest BCUT2D eigenvalue weighted by Crippen LogP contribution is -2.31. The van der Waals surface area contributed by atoms with E-state index in [9.17, 15) is 9.18 Å². The minimum Gasteiger partial charge on any atom is -0.496 e. The molecule has 2 aromatic carbocycles. The minimum absolute atomic E-state index is 0.0798. The van der Waals surface area contributed by atoms with Gasteiger partial charge in [-0.2, -0.15) is 20.0 Å². The molecule has 1 aliphatic heterocycles. The molecule has 10 heteroatoms. The second kappa shape index (κ2) is 8.45. The summed E-state index contributed by atoms with van der Waals surface area (Å²) >= 11 is 0. The average Bonchev–Trinajstić information content (AvgIpc) is 3.59. The molecule has 1 atom stereocenters. The van der Waals surface area contributed by atoms with Gasteiger partial charge in [0.05, 0.1) is 30.8 Å². The van der Waals surface area contributed by atoms with Crippen molar-refractivity contribution in [3.8, 4) is 22.8 Å². The molecular weight excluding hydrogens is 427 g/mol. The monoisotopic (exact) mass is 448 g/mol. The average molecular weight is 448 g/mol. The van der Waals surface area contributed by atoms with Crippen LogP contribution in [0.5, 0.6) is 5.75 Å². The molecule has 1 fully saturated rings. The van der Waals surface area contributed by atoms with Crippen LogP contribution in [0.3, 0.4) is 0 Å². The van der Waals surface area contributed by atoms with Crippen LogP contribution in [0.25, 0.3) is 17.1 Å². The van der Waals surface area contributed by atoms with Gasteiger partial charge < -0.3 is 14.2 Å². The van der Waals surface area contributed by atoms with Crippen LogP contribution in [0.2, 0.25) is 0 Å². The number of amides is 1. The number of nitrogens with zero attached hydrogens (tertiary/aromatic N) is 6. The molecule has 9 nitrogen and oxygen atoms in total. The van der Waals surface area contributed by atoms with E-state index in [1.165, 1.54) is 18.0 Å². The second-order valence-corrected chi connectivity index (χ2v) is 7.77. The number of carbonyl (C=O) groups is 1. The number of hydrogen-bond donors (Lipinski definition) is 0. The normalized spacial score (nSPS) is 15.7. The van der Waals surface area contributed by atoms with Crippen molar-refractivity contribution in [2.24, 2.45) is 0 Å². The lowest BCUT2D eigenvalue weighted by atomic mass is 10.1. The van der Waals surface area contributed by atoms with Crippen LogP contribution in [0.4, 0.5) is 4.39 Å². The molecule has 0 radical (unpaired) electrons. The predicted octanol–water partition coefficient (Wildman–Crippen LogP) is 3.75. The van der Waals surface area contributed by atoms with E-state index in [2.05, 4.69) is 20.3 Å². The molecule has 0 N–H and O–H groups in total. The molecule has 2 aromatic heterocycles. The van der Waals surface area contributed by atoms with Crippen LogP contribution in [0.15, 0.2) is 53.3 Å². The highest BCUT2D eigenvalue weighted by Gasteiger charge is 2.36. The van der Waals surface area contributed by atoms with Crippen LogP contribution < -0.4 is 4.74 Å². The van der Waals surface area contributed by atoms with Crippen LogP contribution in [0, 0.1) is 12.7 Å². The predicted molar refractivity (Wildman–Crippen MR) is 115 cm³/mol. The van der Waals surface area contributed by atoms with E-state index < -0.39 is 11.9 Å². The maximum Gasteiger partial charge on any atom is 0.256 e. The first-order chi connectivity index (χ1) is 16.1. The van der Waals surface area contributed by atoms with E-state index >= 15 is 0 Å². The first-order valence-corrected chi connectivity index (χ1v) is 10.5. The van der Waals surface area contributed by atoms with E-state index in [0.717, 1.165) is 12.0 Å². The van der Waals surface area contributed by atoms with Crippen LogP contribution in [-0.4, -0.2) is 49.6 Å². The maximum absolute atomic E-state index is 14.5. The van der Waals surface area contributed by atoms with Crippen LogP contribution in [-0.2, 0) is 0 Å². The van der Waals surface area contributed by atoms with Crippen molar-refractivity contribution in [3.05, 3.63) is 71.6 Å². The van der Waals surface area contributed by atoms with Gasteiger partial charge in [0.25, 0.3) is 5.91 Å². The molecule has 0 saturated carbocycles. The SMILES string of the molecule is COc1cccc(F)c1-c1noc([C@@H]2CCCN2C(=O)c2cc(C)ccc2-n2nccn2)n1. The summed E-state index contributed by atoms with van der Waals surface area (Å²) in [6.45, 7) is 2.45. The highest BCUT2D eigenvalue weighted by molar-refractivity contribution is 5.98. The Morgan fingerprint density at radius 2 is 2.03 bits per heavy atom. The molecule has 0 unspecified atom stereocenters. The number of carbonyl (C=O) groups excluding carboxylic acids is 1. The number of methoxy groups -OCH3 is 1. The van der Waals surface area contributed by atoms with Crippen molar-refractivity contribution < 1.29 is 18.4 Å². The van der Waals surface area contributed by atoms with Crippen molar-refractivity contribution in [2.75, 3.05) is 13.7 Å². The van der Waals surface area contributed by atoms with E-state index in [4.69, 9.17) is 9.26 Å². The Bertz CT molecular complexity index is 1300. The number of benzene rings is 2. The molecule has 0 spiro atoms. The number of ether oxygens (including phenoxy) is 1. The summed E-state index contributed by atoms with van der Waals surface area (Å²) in [6, 6.07) is 9.61. The maximum atomic E-state index is 14.5. The first-order valence-electron chi connectivity index (χ1n) is 10.5. The molecule has 168 valence electrons. The Kier molecular flexibility index (Phi) is 5.33. The zero-order valence-electron chi connectivity index (χ0n) is 18.1. The van der Waals surface area contributed by atoms with Gasteiger partial charge in [0.1, 0.15) is 23.2 Å². The fourth-order valence-electron chi connectivity index (χ4n) is 4.12. The number of aromatic nitrogens is 5. The molecule has 1 saturated heterocycles. The Labute approximate surface area is 188 Å². The highest BCUT2D eigenvalue weighted by Crippen LogP contribution is 2.36. The van der Waals surface area contributed by atoms with Gasteiger partial charge in [-0.3, -0.25) is 4.79 Å². The second-order valence-electron chi connectivity index (χ2n) is 7.77. The topological polar surface area (TPSA) is 99.2 Å². The van der Waals surface area contributed by atoms with E-state index in [0.29, 0.717) is 30.0 Å². The van der Waals surface area contributed by atoms with Gasteiger partial charge in [-0.05, 0) is 44.0 Å². The highest BCUT2D eigenvalue weighted by atomic mass is 19.1. The lowest BCUT2D eigenvalue weighted by Gasteiger charge is -2.23. The number of halogens is 1. The van der Waals surface area contributed by atoms with Gasteiger partial charge in [0.2, 0.25) is 11.7 Å². The Hall–Kier alpha value is -4.08. The van der Waals surface area contributed by atoms with Crippen molar-refractivity contribution in [2.45, 2.75) is 25.8 Å². The Morgan fingerprint density at radius 1 is 1.21 bits per heavy atom. The molecular formula is C23H21FN6O3. The summed E-state index contributed by atoms with van der Waals surface area (Å²) in [6.07, 6.45) is 4.55. The van der Waals surface area contributed by atoms with E-state index in [1.54, 1.807) is 29.4 Å². The molecule has 3 heterocycles. The summed E-state index contributed by atoms with van der Waals surface area (Å²) < 4.78 is 25.2. The lowest BCUT2D eigenvalue weighted by molar-refractivity contribution is 0.0709. The van der Waals surface area contributed by atoms with Crippen molar-refractivity contribution in [3.63, 3.8) is 0 Å². The zero-order chi connectivity index (χ0) is 22.9. The fourth-order valence-corrected chi connectivity index (χ4v) is 4.12. The fraction of sp³-hybridized carbons (Fsp3) is 0.261. The largest absolute Gasteiger partial charge is 0.496 e. The quantitative estimate of drug-likeness (QED) is 0.458. The summed E-state index contributed by atoms with van der Waals surface area (Å²) in [7, 11) is 1.45. The van der Waals surface area contributed by atoms with E-state index in [-0.39, 0.29) is 23.2 Å². The van der Waals surface area contributed by atoms with Crippen molar-refractivity contribution >= 4 is 5.91 Å². The third kappa shape index (κ3) is 3.73. The van der Waals surface area contributed by atoms with Gasteiger partial charge in [0.15, 0.2) is 0 Å². The standard InChI is InChI=1S/C23H21FN6O3/c1-14-8-9-17(30-25-10-11-26-30)15(13-14)23(31)29-12-4-6-18(29)22-27-21(28-33-22)20-16(24)5-3-7-19(20)32-2/h3,5,7-11,13,18H,4,6,12H2,1-2H3/t18-/m0/s1. The Balaban J connectivity index is 1.49. The third-order valence-corrected chi connectivity index (χ3v) is 5.68. The smallest absolute Gasteiger partial charge is 0.256 e. The number of hydrogen-bond acceptors (Lipinski definition) is 7. The van der Waals surface area contributed by atoms with Gasteiger partial charge in [-0.1, -0.05) is 22.9 Å². The van der Waals surface area contributed by atoms with Gasteiger partial charge in [-0.25, -0.2) is 4.39 Å². The summed E-state index contributed by atoms with van der Waals surface area (Å²) in [5.41, 5.74) is 2.13. The summed E-state index contributed by atoms with van der Waals surface area (Å²) in [5.74, 6) is -0.0597. The minimum atomic E-state index is -0.517. The molecule has 5 rings (SSSR count). The molecule has 1 aliphatic rings. The number of aryl methyl sites for hydroxylation is 1. The Morgan fingerprint density at radius 3 is 2.82 bits per heavy atom. The number of rotatable bonds is 5. The van der Waals surface area contributed by atoms with Gasteiger partial charge in [-0.15, -0.1) is 0 Å². The molecule has 0 bridgehead atoms. The molecule has 33 heavy (non-hydrogen) atoms. The molecule has 1 amide bonds. The number of likely N-dealkylation sites (tertiary alicyclic amines) is 1.